The summed E-state index contributed by atoms with van der Waals surface area (Å²) in [5.41, 5.74) is 0.855. The first kappa shape index (κ1) is 17.5. The molecule has 0 spiro atoms. The van der Waals surface area contributed by atoms with Crippen LogP contribution in [0, 0.1) is 5.92 Å². The third-order valence-electron chi connectivity index (χ3n) is 4.14. The van der Waals surface area contributed by atoms with Gasteiger partial charge in [0.25, 0.3) is 0 Å². The highest BCUT2D eigenvalue weighted by atomic mass is 16.5. The van der Waals surface area contributed by atoms with Gasteiger partial charge in [0.05, 0.1) is 12.7 Å². The summed E-state index contributed by atoms with van der Waals surface area (Å²) in [6.45, 7) is 3.75. The largest absolute Gasteiger partial charge is 0.493 e. The molecule has 0 atom stereocenters. The number of ether oxygens (including phenoxy) is 2. The first-order valence-corrected chi connectivity index (χ1v) is 8.43. The van der Waals surface area contributed by atoms with Crippen LogP contribution < -0.4 is 4.74 Å². The lowest BCUT2D eigenvalue weighted by Gasteiger charge is -2.28. The van der Waals surface area contributed by atoms with E-state index < -0.39 is 5.97 Å². The van der Waals surface area contributed by atoms with Crippen molar-refractivity contribution in [1.29, 1.82) is 0 Å². The van der Waals surface area contributed by atoms with E-state index in [2.05, 4.69) is 6.92 Å². The molecule has 0 unspecified atom stereocenters. The van der Waals surface area contributed by atoms with Gasteiger partial charge in [-0.25, -0.2) is 4.79 Å². The molecule has 0 amide bonds. The summed E-state index contributed by atoms with van der Waals surface area (Å²) in [5.74, 6) is 0.494. The predicted octanol–water partition coefficient (Wildman–Crippen LogP) is 4.15. The van der Waals surface area contributed by atoms with E-state index in [4.69, 9.17) is 14.6 Å². The van der Waals surface area contributed by atoms with E-state index in [-0.39, 0.29) is 0 Å². The molecule has 2 rings (SSSR count). The fourth-order valence-electron chi connectivity index (χ4n) is 2.81. The van der Waals surface area contributed by atoms with Crippen molar-refractivity contribution in [3.8, 4) is 5.75 Å². The van der Waals surface area contributed by atoms with Crippen LogP contribution in [0.3, 0.4) is 0 Å². The lowest BCUT2D eigenvalue weighted by Crippen LogP contribution is -2.25. The number of hydrogen-bond donors (Lipinski definition) is 1. The Balaban J connectivity index is 1.71. The maximum Gasteiger partial charge on any atom is 0.328 e. The summed E-state index contributed by atoms with van der Waals surface area (Å²) in [4.78, 5) is 10.5. The second-order valence-electron chi connectivity index (χ2n) is 6.07. The number of aliphatic carboxylic acids is 1. The van der Waals surface area contributed by atoms with Crippen LogP contribution in [0.15, 0.2) is 30.3 Å². The molecule has 4 nitrogen and oxygen atoms in total. The second kappa shape index (κ2) is 9.36. The summed E-state index contributed by atoms with van der Waals surface area (Å²) in [6.07, 6.45) is 8.81. The first-order chi connectivity index (χ1) is 11.2. The minimum Gasteiger partial charge on any atom is -0.493 e. The number of carboxylic acids is 1. The molecule has 1 aromatic rings. The van der Waals surface area contributed by atoms with Crippen molar-refractivity contribution in [1.82, 2.24) is 0 Å². The monoisotopic (exact) mass is 318 g/mol. The third kappa shape index (κ3) is 6.45. The molecule has 1 aliphatic carbocycles. The van der Waals surface area contributed by atoms with Crippen molar-refractivity contribution >= 4 is 12.0 Å². The average molecular weight is 318 g/mol. The van der Waals surface area contributed by atoms with Crippen molar-refractivity contribution in [2.45, 2.75) is 45.1 Å². The second-order valence-corrected chi connectivity index (χ2v) is 6.07. The number of carbonyl (C=O) groups is 1. The van der Waals surface area contributed by atoms with Gasteiger partial charge in [0.15, 0.2) is 0 Å². The number of hydrogen-bond acceptors (Lipinski definition) is 3. The molecule has 1 saturated carbocycles. The molecular formula is C19H26O4. The van der Waals surface area contributed by atoms with Gasteiger partial charge >= 0.3 is 5.97 Å². The van der Waals surface area contributed by atoms with Gasteiger partial charge in [0.2, 0.25) is 0 Å². The van der Waals surface area contributed by atoms with E-state index in [1.165, 1.54) is 0 Å². The van der Waals surface area contributed by atoms with Gasteiger partial charge in [0.1, 0.15) is 5.75 Å². The van der Waals surface area contributed by atoms with Crippen molar-refractivity contribution < 1.29 is 19.4 Å². The molecule has 0 saturated heterocycles. The molecule has 1 N–H and O–H groups in total. The minimum absolute atomic E-state index is 0.437. The molecule has 126 valence electrons. The number of benzene rings is 1. The molecule has 23 heavy (non-hydrogen) atoms. The van der Waals surface area contributed by atoms with Gasteiger partial charge in [0, 0.05) is 12.7 Å². The summed E-state index contributed by atoms with van der Waals surface area (Å²) >= 11 is 0. The molecule has 0 radical (unpaired) electrons. The fraction of sp³-hybridized carbons (Fsp3) is 0.526. The molecule has 0 bridgehead atoms. The quantitative estimate of drug-likeness (QED) is 0.732. The Hall–Kier alpha value is -1.81. The topological polar surface area (TPSA) is 55.8 Å². The van der Waals surface area contributed by atoms with Gasteiger partial charge in [-0.1, -0.05) is 19.1 Å². The normalized spacial score (nSPS) is 21.4. The first-order valence-electron chi connectivity index (χ1n) is 8.43. The Morgan fingerprint density at radius 2 is 1.91 bits per heavy atom. The van der Waals surface area contributed by atoms with Crippen LogP contribution in [0.1, 0.15) is 44.6 Å². The Kier molecular flexibility index (Phi) is 7.14. The van der Waals surface area contributed by atoms with Gasteiger partial charge in [-0.05, 0) is 61.8 Å². The lowest BCUT2D eigenvalue weighted by molar-refractivity contribution is -0.131. The summed E-state index contributed by atoms with van der Waals surface area (Å²) in [7, 11) is 0. The van der Waals surface area contributed by atoms with Crippen LogP contribution >= 0.6 is 0 Å². The molecule has 4 heteroatoms. The zero-order valence-corrected chi connectivity index (χ0v) is 13.7. The van der Waals surface area contributed by atoms with Crippen LogP contribution in [-0.2, 0) is 9.53 Å². The SMILES string of the molecule is CCCOC1CCC(COc2ccc(/C=C/C(=O)O)cc2)CC1. The van der Waals surface area contributed by atoms with Gasteiger partial charge in [-0.15, -0.1) is 0 Å². The Labute approximate surface area is 138 Å². The standard InChI is InChI=1S/C19H26O4/c1-2-13-22-17-10-5-16(6-11-17)14-23-18-8-3-15(4-9-18)7-12-19(20)21/h3-4,7-9,12,16-17H,2,5-6,10-11,13-14H2,1H3,(H,20,21)/b12-7+. The third-order valence-corrected chi connectivity index (χ3v) is 4.14. The van der Waals surface area contributed by atoms with E-state index >= 15 is 0 Å². The van der Waals surface area contributed by atoms with Crippen molar-refractivity contribution in [3.05, 3.63) is 35.9 Å². The molecule has 1 aliphatic rings. The number of carboxylic acid groups (broad SMARTS) is 1. The predicted molar refractivity (Wildman–Crippen MR) is 90.6 cm³/mol. The Bertz CT molecular complexity index is 499. The highest BCUT2D eigenvalue weighted by Crippen LogP contribution is 2.27. The maximum atomic E-state index is 10.5. The Morgan fingerprint density at radius 3 is 2.52 bits per heavy atom. The number of rotatable bonds is 8. The maximum absolute atomic E-state index is 10.5. The van der Waals surface area contributed by atoms with E-state index in [9.17, 15) is 4.79 Å². The van der Waals surface area contributed by atoms with Crippen molar-refractivity contribution in [2.24, 2.45) is 5.92 Å². The van der Waals surface area contributed by atoms with Crippen molar-refractivity contribution in [3.63, 3.8) is 0 Å². The van der Waals surface area contributed by atoms with Gasteiger partial charge in [-0.2, -0.15) is 0 Å². The van der Waals surface area contributed by atoms with E-state index in [1.54, 1.807) is 6.08 Å². The summed E-state index contributed by atoms with van der Waals surface area (Å²) in [6, 6.07) is 7.50. The van der Waals surface area contributed by atoms with Crippen LogP contribution in [0.2, 0.25) is 0 Å². The minimum atomic E-state index is -0.941. The zero-order valence-electron chi connectivity index (χ0n) is 13.7. The highest BCUT2D eigenvalue weighted by molar-refractivity contribution is 5.85. The summed E-state index contributed by atoms with van der Waals surface area (Å²) < 4.78 is 11.7. The van der Waals surface area contributed by atoms with Crippen molar-refractivity contribution in [2.75, 3.05) is 13.2 Å². The molecule has 0 aliphatic heterocycles. The zero-order chi connectivity index (χ0) is 16.5. The fourth-order valence-corrected chi connectivity index (χ4v) is 2.81. The van der Waals surface area contributed by atoms with Crippen LogP contribution in [-0.4, -0.2) is 30.4 Å². The molecule has 0 heterocycles. The lowest BCUT2D eigenvalue weighted by atomic mass is 9.88. The molecule has 0 aromatic heterocycles. The average Bonchev–Trinajstić information content (AvgIpc) is 2.58. The van der Waals surface area contributed by atoms with Gasteiger partial charge < -0.3 is 14.6 Å². The van der Waals surface area contributed by atoms with Crippen LogP contribution in [0.5, 0.6) is 5.75 Å². The summed E-state index contributed by atoms with van der Waals surface area (Å²) in [5, 5.41) is 8.60. The molecule has 1 fully saturated rings. The molecule has 1 aromatic carbocycles. The Morgan fingerprint density at radius 1 is 1.22 bits per heavy atom. The van der Waals surface area contributed by atoms with E-state index in [0.29, 0.717) is 12.0 Å². The molecular weight excluding hydrogens is 292 g/mol. The van der Waals surface area contributed by atoms with E-state index in [0.717, 1.165) is 62.7 Å². The van der Waals surface area contributed by atoms with Gasteiger partial charge in [-0.3, -0.25) is 0 Å². The highest BCUT2D eigenvalue weighted by Gasteiger charge is 2.21. The van der Waals surface area contributed by atoms with E-state index in [1.807, 2.05) is 24.3 Å². The van der Waals surface area contributed by atoms with Crippen LogP contribution in [0.4, 0.5) is 0 Å². The smallest absolute Gasteiger partial charge is 0.328 e. The van der Waals surface area contributed by atoms with Crippen LogP contribution in [0.25, 0.3) is 6.08 Å².